The average molecular weight is 417 g/mol. The number of ether oxygens (including phenoxy) is 1. The molecule has 0 spiro atoms. The maximum Gasteiger partial charge on any atom is 0.416 e. The first-order chi connectivity index (χ1) is 13.7. The molecule has 1 aliphatic rings. The third-order valence-electron chi connectivity index (χ3n) is 4.58. The van der Waals surface area contributed by atoms with Gasteiger partial charge in [-0.3, -0.25) is 19.7 Å². The van der Waals surface area contributed by atoms with Crippen molar-refractivity contribution in [2.75, 3.05) is 25.0 Å². The van der Waals surface area contributed by atoms with Crippen LogP contribution in [0.15, 0.2) is 18.2 Å². The molecule has 0 aromatic heterocycles. The Bertz CT molecular complexity index is 749. The van der Waals surface area contributed by atoms with E-state index in [9.17, 15) is 32.9 Å². The van der Waals surface area contributed by atoms with Crippen molar-refractivity contribution in [1.29, 1.82) is 0 Å². The van der Waals surface area contributed by atoms with E-state index in [1.165, 1.54) is 0 Å². The molecule has 1 aromatic carbocycles. The van der Waals surface area contributed by atoms with E-state index in [1.54, 1.807) is 0 Å². The fraction of sp³-hybridized carbons (Fsp3) is 0.556. The minimum Gasteiger partial charge on any atom is -0.456 e. The molecule has 0 bridgehead atoms. The van der Waals surface area contributed by atoms with Gasteiger partial charge in [0.25, 0.3) is 11.6 Å². The molecular formula is C18H22F3N3O5. The Kier molecular flexibility index (Phi) is 7.80. The third-order valence-corrected chi connectivity index (χ3v) is 4.58. The number of carbonyl (C=O) groups is 2. The summed E-state index contributed by atoms with van der Waals surface area (Å²) in [5.41, 5.74) is -1.94. The van der Waals surface area contributed by atoms with Gasteiger partial charge in [-0.1, -0.05) is 12.8 Å². The fourth-order valence-electron chi connectivity index (χ4n) is 3.11. The molecular weight excluding hydrogens is 395 g/mol. The molecule has 0 aliphatic heterocycles. The molecule has 2 rings (SSSR count). The van der Waals surface area contributed by atoms with Gasteiger partial charge in [0.15, 0.2) is 6.61 Å². The number of amides is 1. The van der Waals surface area contributed by atoms with Gasteiger partial charge in [0.2, 0.25) is 0 Å². The summed E-state index contributed by atoms with van der Waals surface area (Å²) in [6, 6.07) is 2.15. The number of halogens is 3. The van der Waals surface area contributed by atoms with E-state index in [0.717, 1.165) is 37.8 Å². The van der Waals surface area contributed by atoms with Crippen molar-refractivity contribution < 1.29 is 32.4 Å². The molecule has 29 heavy (non-hydrogen) atoms. The lowest BCUT2D eigenvalue weighted by atomic mass is 10.1. The van der Waals surface area contributed by atoms with Crippen LogP contribution in [0.3, 0.4) is 0 Å². The Balaban J connectivity index is 1.73. The van der Waals surface area contributed by atoms with Gasteiger partial charge in [-0.2, -0.15) is 13.2 Å². The van der Waals surface area contributed by atoms with Crippen molar-refractivity contribution in [1.82, 2.24) is 5.32 Å². The maximum absolute atomic E-state index is 12.7. The molecule has 1 aromatic rings. The Labute approximate surface area is 164 Å². The number of hydrogen-bond acceptors (Lipinski definition) is 6. The molecule has 8 nitrogen and oxygen atoms in total. The number of alkyl halides is 3. The number of carbonyl (C=O) groups excluding carboxylic acids is 2. The van der Waals surface area contributed by atoms with Gasteiger partial charge in [0, 0.05) is 25.6 Å². The van der Waals surface area contributed by atoms with Crippen molar-refractivity contribution in [2.24, 2.45) is 5.92 Å². The SMILES string of the molecule is O=C(COC(=O)CC1CCCC1)NCCNc1ccc(C(F)(F)F)cc1[N+](=O)[O-]. The lowest BCUT2D eigenvalue weighted by Crippen LogP contribution is -2.32. The molecule has 1 fully saturated rings. The fourth-order valence-corrected chi connectivity index (χ4v) is 3.11. The van der Waals surface area contributed by atoms with Crippen LogP contribution >= 0.6 is 0 Å². The van der Waals surface area contributed by atoms with Crippen LogP contribution in [0.2, 0.25) is 0 Å². The molecule has 1 amide bonds. The number of nitrogens with zero attached hydrogens (tertiary/aromatic N) is 1. The largest absolute Gasteiger partial charge is 0.456 e. The molecule has 0 heterocycles. The molecule has 1 aliphatic carbocycles. The van der Waals surface area contributed by atoms with Crippen LogP contribution in [0, 0.1) is 16.0 Å². The molecule has 0 atom stereocenters. The highest BCUT2D eigenvalue weighted by atomic mass is 19.4. The number of nitro benzene ring substituents is 1. The van der Waals surface area contributed by atoms with E-state index in [0.29, 0.717) is 18.4 Å². The van der Waals surface area contributed by atoms with Gasteiger partial charge in [0.1, 0.15) is 5.69 Å². The van der Waals surface area contributed by atoms with E-state index >= 15 is 0 Å². The van der Waals surface area contributed by atoms with Gasteiger partial charge in [0.05, 0.1) is 10.5 Å². The number of nitrogens with one attached hydrogen (secondary N) is 2. The second-order valence-electron chi connectivity index (χ2n) is 6.78. The first-order valence-corrected chi connectivity index (χ1v) is 9.18. The Morgan fingerprint density at radius 1 is 1.21 bits per heavy atom. The summed E-state index contributed by atoms with van der Waals surface area (Å²) < 4.78 is 42.9. The normalized spacial score (nSPS) is 14.4. The van der Waals surface area contributed by atoms with E-state index in [4.69, 9.17) is 4.74 Å². The maximum atomic E-state index is 12.7. The highest BCUT2D eigenvalue weighted by Crippen LogP contribution is 2.34. The van der Waals surface area contributed by atoms with Crippen LogP contribution in [0.5, 0.6) is 0 Å². The van der Waals surface area contributed by atoms with Crippen molar-refractivity contribution in [3.05, 3.63) is 33.9 Å². The zero-order valence-corrected chi connectivity index (χ0v) is 15.6. The van der Waals surface area contributed by atoms with Crippen LogP contribution < -0.4 is 10.6 Å². The quantitative estimate of drug-likeness (QED) is 0.276. The second kappa shape index (κ2) is 10.1. The van der Waals surface area contributed by atoms with Gasteiger partial charge >= 0.3 is 12.1 Å². The average Bonchev–Trinajstić information content (AvgIpc) is 3.15. The van der Waals surface area contributed by atoms with Crippen molar-refractivity contribution in [3.8, 4) is 0 Å². The first kappa shape index (κ1) is 22.4. The van der Waals surface area contributed by atoms with Crippen LogP contribution in [-0.4, -0.2) is 36.5 Å². The van der Waals surface area contributed by atoms with Crippen molar-refractivity contribution in [2.45, 2.75) is 38.3 Å². The minimum atomic E-state index is -4.69. The standard InChI is InChI=1S/C18H22F3N3O5/c19-18(20,21)13-5-6-14(15(10-13)24(27)28)22-7-8-23-16(25)11-29-17(26)9-12-3-1-2-4-12/h5-6,10,12,22H,1-4,7-9,11H2,(H,23,25). The van der Waals surface area contributed by atoms with Crippen molar-refractivity contribution in [3.63, 3.8) is 0 Å². The van der Waals surface area contributed by atoms with Crippen LogP contribution in [0.1, 0.15) is 37.7 Å². The minimum absolute atomic E-state index is 0.0357. The number of hydrogen-bond donors (Lipinski definition) is 2. The van der Waals surface area contributed by atoms with Gasteiger partial charge in [-0.15, -0.1) is 0 Å². The van der Waals surface area contributed by atoms with Gasteiger partial charge < -0.3 is 15.4 Å². The van der Waals surface area contributed by atoms with Gasteiger partial charge in [-0.05, 0) is 30.9 Å². The summed E-state index contributed by atoms with van der Waals surface area (Å²) in [6.45, 7) is -0.350. The number of anilines is 1. The van der Waals surface area contributed by atoms with E-state index < -0.39 is 40.8 Å². The topological polar surface area (TPSA) is 111 Å². The first-order valence-electron chi connectivity index (χ1n) is 9.18. The summed E-state index contributed by atoms with van der Waals surface area (Å²) in [5, 5.41) is 16.1. The van der Waals surface area contributed by atoms with Crippen LogP contribution in [0.4, 0.5) is 24.5 Å². The molecule has 2 N–H and O–H groups in total. The van der Waals surface area contributed by atoms with Crippen LogP contribution in [0.25, 0.3) is 0 Å². The third kappa shape index (κ3) is 7.24. The summed E-state index contributed by atoms with van der Waals surface area (Å²) in [4.78, 5) is 33.4. The summed E-state index contributed by atoms with van der Waals surface area (Å²) >= 11 is 0. The molecule has 1 saturated carbocycles. The molecule has 11 heteroatoms. The lowest BCUT2D eigenvalue weighted by Gasteiger charge is -2.11. The number of nitro groups is 1. The zero-order valence-electron chi connectivity index (χ0n) is 15.6. The predicted molar refractivity (Wildman–Crippen MR) is 97.1 cm³/mol. The zero-order chi connectivity index (χ0) is 21.4. The number of benzene rings is 1. The summed E-state index contributed by atoms with van der Waals surface area (Å²) in [7, 11) is 0. The summed E-state index contributed by atoms with van der Waals surface area (Å²) in [6.07, 6.45) is -0.212. The van der Waals surface area contributed by atoms with E-state index in [1.807, 2.05) is 0 Å². The van der Waals surface area contributed by atoms with Crippen molar-refractivity contribution >= 4 is 23.3 Å². The Morgan fingerprint density at radius 3 is 2.52 bits per heavy atom. The van der Waals surface area contributed by atoms with Crippen LogP contribution in [-0.2, 0) is 20.5 Å². The molecule has 0 saturated heterocycles. The highest BCUT2D eigenvalue weighted by molar-refractivity contribution is 5.80. The molecule has 0 unspecified atom stereocenters. The Morgan fingerprint density at radius 2 is 1.90 bits per heavy atom. The molecule has 0 radical (unpaired) electrons. The monoisotopic (exact) mass is 417 g/mol. The number of rotatable bonds is 9. The summed E-state index contributed by atoms with van der Waals surface area (Å²) in [5.74, 6) is -0.645. The highest BCUT2D eigenvalue weighted by Gasteiger charge is 2.33. The predicted octanol–water partition coefficient (Wildman–Crippen LogP) is 3.27. The van der Waals surface area contributed by atoms with E-state index in [-0.39, 0.29) is 18.8 Å². The van der Waals surface area contributed by atoms with E-state index in [2.05, 4.69) is 10.6 Å². The Hall–Kier alpha value is -2.85. The lowest BCUT2D eigenvalue weighted by molar-refractivity contribution is -0.384. The molecule has 160 valence electrons. The smallest absolute Gasteiger partial charge is 0.416 e. The van der Waals surface area contributed by atoms with Gasteiger partial charge in [-0.25, -0.2) is 0 Å². The number of esters is 1. The second-order valence-corrected chi connectivity index (χ2v) is 6.78.